The first-order valence-electron chi connectivity index (χ1n) is 12.1. The number of oxazole rings is 1. The van der Waals surface area contributed by atoms with Crippen LogP contribution in [0.1, 0.15) is 43.0 Å². The Kier molecular flexibility index (Phi) is 6.43. The molecule has 4 aromatic rings. The van der Waals surface area contributed by atoms with E-state index >= 15 is 0 Å². The predicted octanol–water partition coefficient (Wildman–Crippen LogP) is 5.10. The van der Waals surface area contributed by atoms with E-state index in [4.69, 9.17) is 9.15 Å². The lowest BCUT2D eigenvalue weighted by molar-refractivity contribution is -0.117. The molecule has 0 saturated carbocycles. The van der Waals surface area contributed by atoms with Gasteiger partial charge in [-0.05, 0) is 61.7 Å². The van der Waals surface area contributed by atoms with Crippen LogP contribution in [0.2, 0.25) is 0 Å². The van der Waals surface area contributed by atoms with Crippen LogP contribution >= 0.6 is 0 Å². The summed E-state index contributed by atoms with van der Waals surface area (Å²) < 4.78 is 12.8. The molecule has 1 amide bonds. The molecule has 8 nitrogen and oxygen atoms in total. The third-order valence-corrected chi connectivity index (χ3v) is 6.20. The number of aromatic nitrogens is 3. The van der Waals surface area contributed by atoms with Gasteiger partial charge in [0.15, 0.2) is 0 Å². The van der Waals surface area contributed by atoms with E-state index in [0.717, 1.165) is 39.3 Å². The van der Waals surface area contributed by atoms with Crippen molar-refractivity contribution in [1.29, 1.82) is 0 Å². The summed E-state index contributed by atoms with van der Waals surface area (Å²) >= 11 is 0. The SMILES string of the molecule is COc1ccc(CN2C(=O)CC(c3ncc(C)o3)=Cc3ccc(-c4cnn(CC(C)(C)O)c4)cc32)cc1. The van der Waals surface area contributed by atoms with Crippen LogP contribution in [0, 0.1) is 6.92 Å². The smallest absolute Gasteiger partial charge is 0.231 e. The lowest BCUT2D eigenvalue weighted by atomic mass is 10.0. The van der Waals surface area contributed by atoms with Crippen molar-refractivity contribution >= 4 is 23.2 Å². The third-order valence-electron chi connectivity index (χ3n) is 6.20. The molecule has 2 aromatic heterocycles. The molecule has 37 heavy (non-hydrogen) atoms. The van der Waals surface area contributed by atoms with Crippen LogP contribution in [0.5, 0.6) is 5.75 Å². The molecule has 0 unspecified atom stereocenters. The lowest BCUT2D eigenvalue weighted by Gasteiger charge is -2.24. The van der Waals surface area contributed by atoms with E-state index in [1.165, 1.54) is 0 Å². The summed E-state index contributed by atoms with van der Waals surface area (Å²) in [6, 6.07) is 13.8. The molecule has 0 radical (unpaired) electrons. The highest BCUT2D eigenvalue weighted by Gasteiger charge is 2.26. The standard InChI is InChI=1S/C29H30N4O4/c1-19-14-30-28(37-19)23-11-22-8-7-21(24-15-31-32(17-24)18-29(2,3)35)12-26(22)33(27(34)13-23)16-20-5-9-25(36-4)10-6-20/h5-12,14-15,17,35H,13,16,18H2,1-4H3. The Morgan fingerprint density at radius 1 is 1.11 bits per heavy atom. The van der Waals surface area contributed by atoms with Crippen LogP contribution in [0.3, 0.4) is 0 Å². The van der Waals surface area contributed by atoms with E-state index in [-0.39, 0.29) is 12.3 Å². The maximum Gasteiger partial charge on any atom is 0.231 e. The van der Waals surface area contributed by atoms with Crippen LogP contribution in [-0.4, -0.2) is 38.5 Å². The molecule has 190 valence electrons. The lowest BCUT2D eigenvalue weighted by Crippen LogP contribution is -2.30. The predicted molar refractivity (Wildman–Crippen MR) is 142 cm³/mol. The van der Waals surface area contributed by atoms with E-state index in [1.54, 1.807) is 42.9 Å². The van der Waals surface area contributed by atoms with Crippen LogP contribution in [-0.2, 0) is 17.9 Å². The molecular formula is C29H30N4O4. The van der Waals surface area contributed by atoms with Crippen molar-refractivity contribution in [3.05, 3.63) is 83.8 Å². The zero-order valence-corrected chi connectivity index (χ0v) is 21.4. The third kappa shape index (κ3) is 5.49. The number of aryl methyl sites for hydroxylation is 1. The molecule has 3 heterocycles. The van der Waals surface area contributed by atoms with Gasteiger partial charge in [0.25, 0.3) is 0 Å². The number of carbonyl (C=O) groups excluding carboxylic acids is 1. The summed E-state index contributed by atoms with van der Waals surface area (Å²) in [5, 5.41) is 14.6. The van der Waals surface area contributed by atoms with E-state index in [2.05, 4.69) is 10.1 Å². The Bertz CT molecular complexity index is 1460. The quantitative estimate of drug-likeness (QED) is 0.381. The molecule has 2 aromatic carbocycles. The van der Waals surface area contributed by atoms with Gasteiger partial charge in [-0.1, -0.05) is 24.3 Å². The van der Waals surface area contributed by atoms with E-state index < -0.39 is 5.60 Å². The molecule has 5 rings (SSSR count). The zero-order valence-electron chi connectivity index (χ0n) is 21.4. The maximum atomic E-state index is 13.7. The van der Waals surface area contributed by atoms with Crippen LogP contribution in [0.15, 0.2) is 65.5 Å². The largest absolute Gasteiger partial charge is 0.497 e. The van der Waals surface area contributed by atoms with Crippen LogP contribution in [0.25, 0.3) is 22.8 Å². The van der Waals surface area contributed by atoms with Gasteiger partial charge in [-0.25, -0.2) is 4.98 Å². The Balaban J connectivity index is 1.55. The minimum Gasteiger partial charge on any atom is -0.497 e. The second-order valence-corrected chi connectivity index (χ2v) is 9.96. The first-order valence-corrected chi connectivity index (χ1v) is 12.1. The monoisotopic (exact) mass is 498 g/mol. The molecule has 0 bridgehead atoms. The maximum absolute atomic E-state index is 13.7. The minimum atomic E-state index is -0.877. The number of anilines is 1. The molecule has 0 atom stereocenters. The molecular weight excluding hydrogens is 468 g/mol. The number of carbonyl (C=O) groups is 1. The van der Waals surface area contributed by atoms with Gasteiger partial charge in [0.2, 0.25) is 11.8 Å². The number of benzene rings is 2. The molecule has 0 spiro atoms. The van der Waals surface area contributed by atoms with Gasteiger partial charge in [-0.15, -0.1) is 0 Å². The van der Waals surface area contributed by atoms with Crippen molar-refractivity contribution in [1.82, 2.24) is 14.8 Å². The van der Waals surface area contributed by atoms with Gasteiger partial charge >= 0.3 is 0 Å². The Morgan fingerprint density at radius 2 is 1.89 bits per heavy atom. The van der Waals surface area contributed by atoms with Gasteiger partial charge in [0, 0.05) is 17.3 Å². The molecule has 8 heteroatoms. The van der Waals surface area contributed by atoms with Gasteiger partial charge in [-0.3, -0.25) is 9.48 Å². The van der Waals surface area contributed by atoms with Gasteiger partial charge < -0.3 is 19.2 Å². The first-order chi connectivity index (χ1) is 17.7. The number of hydrogen-bond acceptors (Lipinski definition) is 6. The van der Waals surface area contributed by atoms with Crippen molar-refractivity contribution in [3.8, 4) is 16.9 Å². The number of fused-ring (bicyclic) bond motifs is 1. The Labute approximate surface area is 215 Å². The van der Waals surface area contributed by atoms with Crippen LogP contribution < -0.4 is 9.64 Å². The highest BCUT2D eigenvalue weighted by Crippen LogP contribution is 2.36. The summed E-state index contributed by atoms with van der Waals surface area (Å²) in [5.74, 6) is 1.87. The van der Waals surface area contributed by atoms with Gasteiger partial charge in [-0.2, -0.15) is 5.10 Å². The van der Waals surface area contributed by atoms with Crippen molar-refractivity contribution in [2.24, 2.45) is 0 Å². The van der Waals surface area contributed by atoms with E-state index in [0.29, 0.717) is 24.7 Å². The number of nitrogens with zero attached hydrogens (tertiary/aromatic N) is 4. The molecule has 1 aliphatic rings. The summed E-state index contributed by atoms with van der Waals surface area (Å²) in [6.07, 6.45) is 7.49. The molecule has 1 aliphatic heterocycles. The average molecular weight is 499 g/mol. The molecule has 1 N–H and O–H groups in total. The summed E-state index contributed by atoms with van der Waals surface area (Å²) in [6.45, 7) is 6.12. The van der Waals surface area contributed by atoms with Gasteiger partial charge in [0.1, 0.15) is 11.5 Å². The van der Waals surface area contributed by atoms with Crippen LogP contribution in [0.4, 0.5) is 5.69 Å². The molecule has 0 saturated heterocycles. The number of rotatable bonds is 7. The zero-order chi connectivity index (χ0) is 26.2. The average Bonchev–Trinajstić information content (AvgIpc) is 3.47. The van der Waals surface area contributed by atoms with Crippen molar-refractivity contribution in [3.63, 3.8) is 0 Å². The normalized spacial score (nSPS) is 13.8. The minimum absolute atomic E-state index is 0.0495. The number of ether oxygens (including phenoxy) is 1. The first kappa shape index (κ1) is 24.5. The summed E-state index contributed by atoms with van der Waals surface area (Å²) in [4.78, 5) is 19.8. The Morgan fingerprint density at radius 3 is 2.57 bits per heavy atom. The highest BCUT2D eigenvalue weighted by molar-refractivity contribution is 6.06. The number of amides is 1. The topological polar surface area (TPSA) is 93.6 Å². The van der Waals surface area contributed by atoms with Crippen molar-refractivity contribution in [2.45, 2.75) is 45.9 Å². The summed E-state index contributed by atoms with van der Waals surface area (Å²) in [5.41, 5.74) is 4.38. The number of hydrogen-bond donors (Lipinski definition) is 1. The fourth-order valence-corrected chi connectivity index (χ4v) is 4.43. The Hall–Kier alpha value is -4.17. The van der Waals surface area contributed by atoms with E-state index in [1.807, 2.05) is 61.7 Å². The second-order valence-electron chi connectivity index (χ2n) is 9.96. The van der Waals surface area contributed by atoms with Crippen molar-refractivity contribution < 1.29 is 19.1 Å². The highest BCUT2D eigenvalue weighted by atomic mass is 16.5. The number of methoxy groups -OCH3 is 1. The summed E-state index contributed by atoms with van der Waals surface area (Å²) in [7, 11) is 1.63. The fraction of sp³-hybridized carbons (Fsp3) is 0.276. The fourth-order valence-electron chi connectivity index (χ4n) is 4.43. The van der Waals surface area contributed by atoms with Crippen molar-refractivity contribution in [2.75, 3.05) is 12.0 Å². The molecule has 0 fully saturated rings. The van der Waals surface area contributed by atoms with E-state index in [9.17, 15) is 9.90 Å². The second kappa shape index (κ2) is 9.71. The number of aliphatic hydroxyl groups is 1. The molecule has 0 aliphatic carbocycles. The van der Waals surface area contributed by atoms with Gasteiger partial charge in [0.05, 0.1) is 50.3 Å².